The molecule has 0 atom stereocenters. The van der Waals surface area contributed by atoms with Crippen molar-refractivity contribution < 1.29 is 4.74 Å². The van der Waals surface area contributed by atoms with Gasteiger partial charge in [-0.2, -0.15) is 0 Å². The van der Waals surface area contributed by atoms with Crippen molar-refractivity contribution in [3.8, 4) is 28.3 Å². The van der Waals surface area contributed by atoms with Crippen molar-refractivity contribution >= 4 is 90.5 Å². The van der Waals surface area contributed by atoms with Gasteiger partial charge < -0.3 is 9.30 Å². The molecule has 5 heteroatoms. The highest BCUT2D eigenvalue weighted by atomic mass is 32.2. The molecule has 4 aliphatic heterocycles. The van der Waals surface area contributed by atoms with Crippen LogP contribution in [0.3, 0.4) is 0 Å². The fourth-order valence-electron chi connectivity index (χ4n) is 9.59. The first kappa shape index (κ1) is 26.8. The Kier molecular flexibility index (Phi) is 4.87. The van der Waals surface area contributed by atoms with E-state index in [0.29, 0.717) is 0 Å². The third kappa shape index (κ3) is 3.19. The Hall–Kier alpha value is -5.12. The summed E-state index contributed by atoms with van der Waals surface area (Å²) >= 11 is 1.93. The molecule has 1 aromatic heterocycles. The topological polar surface area (TPSA) is 14.2 Å². The first-order valence-electron chi connectivity index (χ1n) is 17.3. The van der Waals surface area contributed by atoms with Crippen LogP contribution in [0.5, 0.6) is 11.5 Å². The highest BCUT2D eigenvalue weighted by Crippen LogP contribution is 2.49. The molecule has 0 spiro atoms. The summed E-state index contributed by atoms with van der Waals surface area (Å²) in [6.45, 7) is 7.06. The average Bonchev–Trinajstić information content (AvgIpc) is 3.48. The smallest absolute Gasteiger partial charge is 0.256 e. The predicted molar refractivity (Wildman–Crippen MR) is 209 cm³/mol. The first-order valence-corrected chi connectivity index (χ1v) is 18.2. The van der Waals surface area contributed by atoms with Crippen LogP contribution < -0.4 is 37.5 Å². The van der Waals surface area contributed by atoms with E-state index in [1.165, 1.54) is 97.5 Å². The van der Waals surface area contributed by atoms with E-state index < -0.39 is 0 Å². The minimum Gasteiger partial charge on any atom is -0.458 e. The maximum absolute atomic E-state index is 7.23. The summed E-state index contributed by atoms with van der Waals surface area (Å²) in [4.78, 5) is 2.66. The van der Waals surface area contributed by atoms with Crippen LogP contribution in [0.4, 0.5) is 0 Å². The second-order valence-electron chi connectivity index (χ2n) is 15.2. The minimum atomic E-state index is 0.0566. The van der Waals surface area contributed by atoms with Gasteiger partial charge in [-0.1, -0.05) is 147 Å². The summed E-state index contributed by atoms with van der Waals surface area (Å²) in [6.07, 6.45) is 0. The Bertz CT molecular complexity index is 2830. The molecule has 0 aliphatic carbocycles. The Balaban J connectivity index is 1.34. The SMILES string of the molecule is CC(C)(C)c1ccc(-c2c3c4c5c6c2Sc2ccccc2B6c2cccc6c7c8ccccc8cc(c7n-5c26)B4c2ccccc2O3)cc1. The number of rotatable bonds is 1. The molecule has 0 saturated heterocycles. The zero-order valence-electron chi connectivity index (χ0n) is 27.5. The molecular formula is C44H29B2NOS. The Morgan fingerprint density at radius 2 is 1.35 bits per heavy atom. The van der Waals surface area contributed by atoms with Gasteiger partial charge in [0.15, 0.2) is 0 Å². The number of hydrogen-bond acceptors (Lipinski definition) is 2. The van der Waals surface area contributed by atoms with E-state index in [9.17, 15) is 0 Å². The number of para-hydroxylation sites is 2. The number of hydrogen-bond donors (Lipinski definition) is 0. The third-order valence-electron chi connectivity index (χ3n) is 11.6. The summed E-state index contributed by atoms with van der Waals surface area (Å²) in [6, 6.07) is 45.7. The van der Waals surface area contributed by atoms with Crippen LogP contribution in [0.1, 0.15) is 26.3 Å². The number of benzene rings is 7. The van der Waals surface area contributed by atoms with Crippen molar-refractivity contribution in [2.24, 2.45) is 0 Å². The molecule has 49 heavy (non-hydrogen) atoms. The third-order valence-corrected chi connectivity index (χ3v) is 12.9. The highest BCUT2D eigenvalue weighted by molar-refractivity contribution is 8.00. The zero-order chi connectivity index (χ0) is 32.3. The van der Waals surface area contributed by atoms with Crippen LogP contribution in [0.15, 0.2) is 131 Å². The summed E-state index contributed by atoms with van der Waals surface area (Å²) in [7, 11) is 0. The summed E-state index contributed by atoms with van der Waals surface area (Å²) < 4.78 is 9.89. The molecule has 0 saturated carbocycles. The standard InChI is InChI=1S/C44H29B2NOS/c1-44(2,3)26-21-19-24(20-22-26)35-42-37-41-38-43(35)49-34-18-9-7-15-30(34)46(38)31-16-10-13-28-36-27-12-5-4-11-25(27)23-32(40(36)47(41)39(28)31)45(37)29-14-6-8-17-33(29)48-42/h4-23H,1-3H3. The van der Waals surface area contributed by atoms with Crippen molar-refractivity contribution in [3.63, 3.8) is 0 Å². The molecule has 12 rings (SSSR count). The zero-order valence-corrected chi connectivity index (χ0v) is 28.3. The van der Waals surface area contributed by atoms with E-state index in [2.05, 4.69) is 147 Å². The lowest BCUT2D eigenvalue weighted by molar-refractivity contribution is 0.488. The molecule has 8 aromatic rings. The molecule has 0 N–H and O–H groups in total. The van der Waals surface area contributed by atoms with Gasteiger partial charge in [0.05, 0.1) is 0 Å². The van der Waals surface area contributed by atoms with Gasteiger partial charge in [-0.3, -0.25) is 0 Å². The van der Waals surface area contributed by atoms with Gasteiger partial charge in [-0.25, -0.2) is 0 Å². The summed E-state index contributed by atoms with van der Waals surface area (Å²) in [5, 5.41) is 5.33. The summed E-state index contributed by atoms with van der Waals surface area (Å²) in [5.74, 6) is 1.97. The van der Waals surface area contributed by atoms with Gasteiger partial charge in [-0.05, 0) is 66.8 Å². The monoisotopic (exact) mass is 641 g/mol. The number of aromatic nitrogens is 1. The minimum absolute atomic E-state index is 0.0566. The highest BCUT2D eigenvalue weighted by Gasteiger charge is 2.49. The molecule has 0 unspecified atom stereocenters. The van der Waals surface area contributed by atoms with Crippen molar-refractivity contribution in [1.82, 2.24) is 4.57 Å². The van der Waals surface area contributed by atoms with E-state index in [0.717, 1.165) is 11.5 Å². The largest absolute Gasteiger partial charge is 0.458 e. The van der Waals surface area contributed by atoms with Gasteiger partial charge in [0.2, 0.25) is 6.71 Å². The summed E-state index contributed by atoms with van der Waals surface area (Å²) in [5.41, 5.74) is 16.1. The van der Waals surface area contributed by atoms with E-state index in [1.807, 2.05) is 11.8 Å². The molecule has 0 amide bonds. The first-order chi connectivity index (χ1) is 24.0. The van der Waals surface area contributed by atoms with Crippen molar-refractivity contribution in [2.75, 3.05) is 0 Å². The van der Waals surface area contributed by atoms with Crippen LogP contribution in [0, 0.1) is 0 Å². The van der Waals surface area contributed by atoms with Gasteiger partial charge >= 0.3 is 0 Å². The van der Waals surface area contributed by atoms with E-state index >= 15 is 0 Å². The molecule has 228 valence electrons. The van der Waals surface area contributed by atoms with Crippen molar-refractivity contribution in [3.05, 3.63) is 127 Å². The molecule has 2 nitrogen and oxygen atoms in total. The van der Waals surface area contributed by atoms with Crippen molar-refractivity contribution in [2.45, 2.75) is 36.0 Å². The number of fused-ring (bicyclic) bond motifs is 9. The fourth-order valence-corrected chi connectivity index (χ4v) is 10.9. The van der Waals surface area contributed by atoms with Crippen LogP contribution in [-0.4, -0.2) is 18.0 Å². The van der Waals surface area contributed by atoms with Crippen molar-refractivity contribution in [1.29, 1.82) is 0 Å². The van der Waals surface area contributed by atoms with E-state index in [4.69, 9.17) is 4.74 Å². The number of nitrogens with zero attached hydrogens (tertiary/aromatic N) is 1. The second-order valence-corrected chi connectivity index (χ2v) is 16.2. The Labute approximate surface area is 289 Å². The lowest BCUT2D eigenvalue weighted by atomic mass is 9.30. The van der Waals surface area contributed by atoms with Gasteiger partial charge in [0.1, 0.15) is 11.5 Å². The fraction of sp³-hybridized carbons (Fsp3) is 0.0909. The lowest BCUT2D eigenvalue weighted by Crippen LogP contribution is -2.65. The molecule has 4 aliphatic rings. The molecule has 0 radical (unpaired) electrons. The quantitative estimate of drug-likeness (QED) is 0.177. The van der Waals surface area contributed by atoms with Gasteiger partial charge in [0, 0.05) is 42.8 Å². The maximum atomic E-state index is 7.23. The molecule has 5 heterocycles. The maximum Gasteiger partial charge on any atom is 0.256 e. The van der Waals surface area contributed by atoms with Crippen LogP contribution in [0.2, 0.25) is 0 Å². The molecule has 0 fully saturated rings. The van der Waals surface area contributed by atoms with Crippen LogP contribution >= 0.6 is 11.8 Å². The molecule has 0 bridgehead atoms. The van der Waals surface area contributed by atoms with Crippen LogP contribution in [-0.2, 0) is 5.41 Å². The normalized spacial score (nSPS) is 14.4. The lowest BCUT2D eigenvalue weighted by Gasteiger charge is -2.42. The predicted octanol–water partition coefficient (Wildman–Crippen LogP) is 7.13. The van der Waals surface area contributed by atoms with Gasteiger partial charge in [-0.15, -0.1) is 0 Å². The van der Waals surface area contributed by atoms with Gasteiger partial charge in [0.25, 0.3) is 6.71 Å². The Morgan fingerprint density at radius 3 is 2.20 bits per heavy atom. The number of ether oxygens (including phenoxy) is 1. The molecular weight excluding hydrogens is 612 g/mol. The second kappa shape index (κ2) is 8.91. The van der Waals surface area contributed by atoms with E-state index in [1.54, 1.807) is 0 Å². The van der Waals surface area contributed by atoms with E-state index in [-0.39, 0.29) is 18.8 Å². The molecule has 7 aromatic carbocycles. The van der Waals surface area contributed by atoms with Crippen LogP contribution in [0.25, 0.3) is 49.4 Å². The average molecular weight is 641 g/mol. The Morgan fingerprint density at radius 1 is 0.633 bits per heavy atom.